The molecule has 0 saturated heterocycles. The molecular formula is C27H29ClN6. The van der Waals surface area contributed by atoms with Crippen LogP contribution in [0.5, 0.6) is 0 Å². The van der Waals surface area contributed by atoms with E-state index in [2.05, 4.69) is 34.6 Å². The molecule has 1 aromatic heterocycles. The van der Waals surface area contributed by atoms with Gasteiger partial charge in [0.15, 0.2) is 11.8 Å². The van der Waals surface area contributed by atoms with Crippen LogP contribution in [0.1, 0.15) is 37.1 Å². The average Bonchev–Trinajstić information content (AvgIpc) is 2.84. The van der Waals surface area contributed by atoms with Crippen LogP contribution in [0.25, 0.3) is 33.8 Å². The number of aromatic nitrogens is 2. The van der Waals surface area contributed by atoms with E-state index in [1.54, 1.807) is 0 Å². The number of unbranched alkanes of at least 4 members (excludes halogenated alkanes) is 3. The summed E-state index contributed by atoms with van der Waals surface area (Å²) in [5.74, 6) is 1.68. The van der Waals surface area contributed by atoms with Crippen LogP contribution in [0.4, 0.5) is 5.82 Å². The third kappa shape index (κ3) is 6.45. The minimum Gasteiger partial charge on any atom is -0.370 e. The van der Waals surface area contributed by atoms with Gasteiger partial charge in [-0.15, -0.1) is 0 Å². The van der Waals surface area contributed by atoms with Crippen molar-refractivity contribution in [2.75, 3.05) is 18.4 Å². The Labute approximate surface area is 204 Å². The van der Waals surface area contributed by atoms with Crippen molar-refractivity contribution in [3.8, 4) is 0 Å². The quantitative estimate of drug-likeness (QED) is 0.116. The molecule has 1 heterocycles. The molecule has 0 fully saturated rings. The largest absolute Gasteiger partial charge is 0.370 e. The first-order valence-corrected chi connectivity index (χ1v) is 11.9. The van der Waals surface area contributed by atoms with Crippen LogP contribution in [-0.4, -0.2) is 29.0 Å². The summed E-state index contributed by atoms with van der Waals surface area (Å²) in [6.07, 6.45) is 8.15. The van der Waals surface area contributed by atoms with E-state index in [9.17, 15) is 0 Å². The standard InChI is InChI=1S/C27H29ClN6/c28-22-12-9-19(10-13-22)11-14-25-33-24-18-21-8-4-3-7-20(21)17-23(24)26(34-25)31-15-5-1-2-6-16-32-27(29)30/h3-4,7-14,17-18H,1-2,5-6,15-16H2,(H4,29,30,32)(H,31,33,34)/b14-11+. The summed E-state index contributed by atoms with van der Waals surface area (Å²) in [7, 11) is 0. The van der Waals surface area contributed by atoms with E-state index in [-0.39, 0.29) is 5.96 Å². The smallest absolute Gasteiger partial charge is 0.185 e. The van der Waals surface area contributed by atoms with Crippen molar-refractivity contribution in [1.29, 1.82) is 0 Å². The zero-order valence-electron chi connectivity index (χ0n) is 19.0. The van der Waals surface area contributed by atoms with Crippen molar-refractivity contribution in [3.63, 3.8) is 0 Å². The van der Waals surface area contributed by atoms with Crippen LogP contribution in [0.2, 0.25) is 5.02 Å². The number of hydrogen-bond acceptors (Lipinski definition) is 4. The predicted molar refractivity (Wildman–Crippen MR) is 145 cm³/mol. The van der Waals surface area contributed by atoms with E-state index in [4.69, 9.17) is 33.0 Å². The molecule has 0 spiro atoms. The van der Waals surface area contributed by atoms with Crippen molar-refractivity contribution in [2.24, 2.45) is 16.5 Å². The second-order valence-electron chi connectivity index (χ2n) is 8.18. The van der Waals surface area contributed by atoms with Crippen molar-refractivity contribution in [1.82, 2.24) is 9.97 Å². The fourth-order valence-electron chi connectivity index (χ4n) is 3.79. The topological polar surface area (TPSA) is 102 Å². The third-order valence-corrected chi connectivity index (χ3v) is 5.80. The summed E-state index contributed by atoms with van der Waals surface area (Å²) < 4.78 is 0. The third-order valence-electron chi connectivity index (χ3n) is 5.55. The van der Waals surface area contributed by atoms with Crippen LogP contribution in [0.15, 0.2) is 65.7 Å². The molecule has 0 amide bonds. The second-order valence-corrected chi connectivity index (χ2v) is 8.62. The Kier molecular flexibility index (Phi) is 7.94. The first kappa shape index (κ1) is 23.5. The van der Waals surface area contributed by atoms with Crippen LogP contribution in [0, 0.1) is 0 Å². The molecule has 0 aliphatic carbocycles. The van der Waals surface area contributed by atoms with Gasteiger partial charge in [0.1, 0.15) is 5.82 Å². The Bertz CT molecular complexity index is 1310. The summed E-state index contributed by atoms with van der Waals surface area (Å²) >= 11 is 6.00. The summed E-state index contributed by atoms with van der Waals surface area (Å²) in [5, 5.41) is 7.61. The molecular weight excluding hydrogens is 444 g/mol. The van der Waals surface area contributed by atoms with Crippen molar-refractivity contribution in [3.05, 3.63) is 77.1 Å². The number of aliphatic imine (C=N–C) groups is 1. The Morgan fingerprint density at radius 3 is 2.38 bits per heavy atom. The molecule has 4 aromatic rings. The monoisotopic (exact) mass is 472 g/mol. The molecule has 7 heteroatoms. The molecule has 174 valence electrons. The average molecular weight is 473 g/mol. The second kappa shape index (κ2) is 11.5. The van der Waals surface area contributed by atoms with E-state index in [1.807, 2.05) is 48.6 Å². The van der Waals surface area contributed by atoms with Gasteiger partial charge in [0.2, 0.25) is 0 Å². The lowest BCUT2D eigenvalue weighted by atomic mass is 10.1. The van der Waals surface area contributed by atoms with Crippen LogP contribution in [-0.2, 0) is 0 Å². The predicted octanol–water partition coefficient (Wildman–Crippen LogP) is 5.85. The maximum absolute atomic E-state index is 6.00. The summed E-state index contributed by atoms with van der Waals surface area (Å²) in [6.45, 7) is 1.52. The van der Waals surface area contributed by atoms with E-state index in [0.29, 0.717) is 17.4 Å². The van der Waals surface area contributed by atoms with Crippen LogP contribution >= 0.6 is 11.6 Å². The lowest BCUT2D eigenvalue weighted by Crippen LogP contribution is -2.22. The number of halogens is 1. The van der Waals surface area contributed by atoms with Gasteiger partial charge in [0.05, 0.1) is 5.52 Å². The highest BCUT2D eigenvalue weighted by molar-refractivity contribution is 6.30. The van der Waals surface area contributed by atoms with E-state index >= 15 is 0 Å². The molecule has 5 N–H and O–H groups in total. The molecule has 6 nitrogen and oxygen atoms in total. The molecule has 34 heavy (non-hydrogen) atoms. The van der Waals surface area contributed by atoms with E-state index in [0.717, 1.165) is 59.9 Å². The van der Waals surface area contributed by atoms with Gasteiger partial charge in [-0.05, 0) is 59.5 Å². The normalized spacial score (nSPS) is 11.3. The lowest BCUT2D eigenvalue weighted by molar-refractivity contribution is 0.661. The summed E-state index contributed by atoms with van der Waals surface area (Å²) in [6, 6.07) is 20.3. The Balaban J connectivity index is 1.52. The molecule has 0 bridgehead atoms. The molecule has 0 aliphatic rings. The number of nitrogens with two attached hydrogens (primary N) is 2. The van der Waals surface area contributed by atoms with Gasteiger partial charge < -0.3 is 16.8 Å². The van der Waals surface area contributed by atoms with E-state index in [1.165, 1.54) is 5.39 Å². The Morgan fingerprint density at radius 2 is 1.62 bits per heavy atom. The molecule has 0 aliphatic heterocycles. The Hall–Kier alpha value is -3.64. The highest BCUT2D eigenvalue weighted by atomic mass is 35.5. The van der Waals surface area contributed by atoms with Crippen molar-refractivity contribution in [2.45, 2.75) is 25.7 Å². The minimum absolute atomic E-state index is 0.158. The first-order valence-electron chi connectivity index (χ1n) is 11.5. The van der Waals surface area contributed by atoms with E-state index < -0.39 is 0 Å². The number of hydrogen-bond donors (Lipinski definition) is 3. The number of fused-ring (bicyclic) bond motifs is 2. The number of rotatable bonds is 10. The number of nitrogens with one attached hydrogen (secondary N) is 1. The molecule has 0 radical (unpaired) electrons. The summed E-state index contributed by atoms with van der Waals surface area (Å²) in [5.41, 5.74) is 12.7. The molecule has 3 aromatic carbocycles. The van der Waals surface area contributed by atoms with Gasteiger partial charge in [-0.25, -0.2) is 9.97 Å². The molecule has 0 atom stereocenters. The van der Waals surface area contributed by atoms with Gasteiger partial charge in [0, 0.05) is 23.5 Å². The first-order chi connectivity index (χ1) is 16.6. The van der Waals surface area contributed by atoms with Gasteiger partial charge in [-0.3, -0.25) is 4.99 Å². The summed E-state index contributed by atoms with van der Waals surface area (Å²) in [4.78, 5) is 13.7. The number of nitrogens with zero attached hydrogens (tertiary/aromatic N) is 3. The highest BCUT2D eigenvalue weighted by Gasteiger charge is 2.08. The maximum Gasteiger partial charge on any atom is 0.185 e. The number of anilines is 1. The highest BCUT2D eigenvalue weighted by Crippen LogP contribution is 2.27. The fraction of sp³-hybridized carbons (Fsp3) is 0.222. The minimum atomic E-state index is 0.158. The Morgan fingerprint density at radius 1 is 0.882 bits per heavy atom. The van der Waals surface area contributed by atoms with Crippen LogP contribution in [0.3, 0.4) is 0 Å². The van der Waals surface area contributed by atoms with Crippen molar-refractivity contribution < 1.29 is 0 Å². The zero-order valence-corrected chi connectivity index (χ0v) is 19.8. The number of benzene rings is 3. The SMILES string of the molecule is NC(N)=NCCCCCCNc1nc(/C=C/c2ccc(Cl)cc2)nc2cc3ccccc3cc12. The van der Waals surface area contributed by atoms with Gasteiger partial charge in [0.25, 0.3) is 0 Å². The fourth-order valence-corrected chi connectivity index (χ4v) is 3.92. The van der Waals surface area contributed by atoms with Crippen molar-refractivity contribution >= 4 is 57.2 Å². The lowest BCUT2D eigenvalue weighted by Gasteiger charge is -2.11. The molecule has 4 rings (SSSR count). The van der Waals surface area contributed by atoms with Gasteiger partial charge in [-0.1, -0.05) is 66.9 Å². The maximum atomic E-state index is 6.00. The zero-order chi connectivity index (χ0) is 23.8. The van der Waals surface area contributed by atoms with Crippen LogP contribution < -0.4 is 16.8 Å². The number of guanidine groups is 1. The van der Waals surface area contributed by atoms with Gasteiger partial charge in [-0.2, -0.15) is 0 Å². The molecule has 0 saturated carbocycles. The molecule has 0 unspecified atom stereocenters. The van der Waals surface area contributed by atoms with Gasteiger partial charge >= 0.3 is 0 Å².